The highest BCUT2D eigenvalue weighted by atomic mass is 16.5. The number of nitrogens with one attached hydrogen (secondary N) is 1. The molecule has 120 valence electrons. The zero-order valence-electron chi connectivity index (χ0n) is 13.4. The maximum atomic E-state index is 12.5. The Balaban J connectivity index is 1.84. The van der Waals surface area contributed by atoms with Crippen LogP contribution in [0.5, 0.6) is 17.2 Å². The summed E-state index contributed by atoms with van der Waals surface area (Å²) in [7, 11) is 3.14. The predicted molar refractivity (Wildman–Crippen MR) is 87.7 cm³/mol. The average Bonchev–Trinajstić information content (AvgIpc) is 2.93. The highest BCUT2D eigenvalue weighted by Gasteiger charge is 2.20. The lowest BCUT2D eigenvalue weighted by Crippen LogP contribution is -2.13. The van der Waals surface area contributed by atoms with E-state index in [1.54, 1.807) is 38.5 Å². The molecule has 1 heterocycles. The molecule has 3 rings (SSSR count). The number of ether oxygens (including phenoxy) is 3. The summed E-state index contributed by atoms with van der Waals surface area (Å²) in [5, 5.41) is 2.87. The van der Waals surface area contributed by atoms with Crippen LogP contribution in [0.25, 0.3) is 0 Å². The van der Waals surface area contributed by atoms with Crippen LogP contribution in [0.3, 0.4) is 0 Å². The van der Waals surface area contributed by atoms with Gasteiger partial charge in [-0.15, -0.1) is 0 Å². The molecule has 1 aliphatic rings. The third-order valence-electron chi connectivity index (χ3n) is 3.81. The largest absolute Gasteiger partial charge is 0.497 e. The highest BCUT2D eigenvalue weighted by Crippen LogP contribution is 2.31. The van der Waals surface area contributed by atoms with Gasteiger partial charge in [-0.1, -0.05) is 0 Å². The van der Waals surface area contributed by atoms with Gasteiger partial charge in [0.2, 0.25) is 0 Å². The van der Waals surface area contributed by atoms with E-state index < -0.39 is 0 Å². The van der Waals surface area contributed by atoms with E-state index in [9.17, 15) is 4.79 Å². The molecular formula is C18H19NO4. The van der Waals surface area contributed by atoms with Gasteiger partial charge in [0.1, 0.15) is 23.4 Å². The molecule has 1 N–H and O–H groups in total. The van der Waals surface area contributed by atoms with E-state index in [0.29, 0.717) is 22.7 Å². The molecule has 1 amide bonds. The van der Waals surface area contributed by atoms with Gasteiger partial charge in [0.15, 0.2) is 0 Å². The summed E-state index contributed by atoms with van der Waals surface area (Å²) < 4.78 is 16.1. The number of carbonyl (C=O) groups is 1. The van der Waals surface area contributed by atoms with Crippen molar-refractivity contribution in [3.8, 4) is 17.2 Å². The van der Waals surface area contributed by atoms with Gasteiger partial charge in [0.05, 0.1) is 19.9 Å². The van der Waals surface area contributed by atoms with Crippen molar-refractivity contribution in [1.29, 1.82) is 0 Å². The van der Waals surface area contributed by atoms with E-state index in [1.807, 2.05) is 19.1 Å². The predicted octanol–water partition coefficient (Wildman–Crippen LogP) is 3.28. The molecule has 23 heavy (non-hydrogen) atoms. The monoisotopic (exact) mass is 313 g/mol. The zero-order valence-corrected chi connectivity index (χ0v) is 13.4. The highest BCUT2D eigenvalue weighted by molar-refractivity contribution is 6.05. The second kappa shape index (κ2) is 6.20. The van der Waals surface area contributed by atoms with Crippen molar-refractivity contribution in [2.45, 2.75) is 19.4 Å². The Labute approximate surface area is 135 Å². The number of anilines is 1. The number of benzene rings is 2. The quantitative estimate of drug-likeness (QED) is 0.941. The summed E-state index contributed by atoms with van der Waals surface area (Å²) in [4.78, 5) is 12.5. The molecule has 1 atom stereocenters. The average molecular weight is 313 g/mol. The van der Waals surface area contributed by atoms with Gasteiger partial charge < -0.3 is 19.5 Å². The fourth-order valence-corrected chi connectivity index (χ4v) is 2.67. The summed E-state index contributed by atoms with van der Waals surface area (Å²) in [5.41, 5.74) is 2.22. The second-order valence-electron chi connectivity index (χ2n) is 5.48. The Morgan fingerprint density at radius 3 is 2.74 bits per heavy atom. The summed E-state index contributed by atoms with van der Waals surface area (Å²) >= 11 is 0. The number of hydrogen-bond donors (Lipinski definition) is 1. The molecule has 1 aliphatic heterocycles. The summed E-state index contributed by atoms with van der Waals surface area (Å²) in [6.45, 7) is 2.01. The molecule has 0 spiro atoms. The van der Waals surface area contributed by atoms with Gasteiger partial charge in [-0.3, -0.25) is 4.79 Å². The van der Waals surface area contributed by atoms with Gasteiger partial charge >= 0.3 is 0 Å². The number of rotatable bonds is 4. The summed E-state index contributed by atoms with van der Waals surface area (Å²) in [6, 6.07) is 10.8. The first-order chi connectivity index (χ1) is 11.1. The number of hydrogen-bond acceptors (Lipinski definition) is 4. The molecule has 0 radical (unpaired) electrons. The van der Waals surface area contributed by atoms with Crippen LogP contribution < -0.4 is 19.5 Å². The first kappa shape index (κ1) is 15.2. The van der Waals surface area contributed by atoms with Crippen LogP contribution in [-0.4, -0.2) is 26.2 Å². The van der Waals surface area contributed by atoms with Gasteiger partial charge in [0, 0.05) is 18.1 Å². The van der Waals surface area contributed by atoms with Crippen molar-refractivity contribution in [3.63, 3.8) is 0 Å². The topological polar surface area (TPSA) is 56.8 Å². The third-order valence-corrected chi connectivity index (χ3v) is 3.81. The molecule has 0 aromatic heterocycles. The van der Waals surface area contributed by atoms with E-state index in [2.05, 4.69) is 5.32 Å². The molecule has 5 nitrogen and oxygen atoms in total. The van der Waals surface area contributed by atoms with Crippen LogP contribution in [0.4, 0.5) is 5.69 Å². The third kappa shape index (κ3) is 3.08. The Morgan fingerprint density at radius 1 is 1.17 bits per heavy atom. The Hall–Kier alpha value is -2.69. The Morgan fingerprint density at radius 2 is 2.00 bits per heavy atom. The Kier molecular flexibility index (Phi) is 4.10. The molecule has 5 heteroatoms. The summed E-state index contributed by atoms with van der Waals surface area (Å²) in [6.07, 6.45) is 0.973. The van der Waals surface area contributed by atoms with Crippen molar-refractivity contribution in [3.05, 3.63) is 47.5 Å². The second-order valence-corrected chi connectivity index (χ2v) is 5.48. The molecular weight excluding hydrogens is 294 g/mol. The first-order valence-corrected chi connectivity index (χ1v) is 7.43. The van der Waals surface area contributed by atoms with Crippen LogP contribution >= 0.6 is 0 Å². The first-order valence-electron chi connectivity index (χ1n) is 7.43. The smallest absolute Gasteiger partial charge is 0.255 e. The lowest BCUT2D eigenvalue weighted by atomic mass is 10.1. The van der Waals surface area contributed by atoms with Crippen molar-refractivity contribution in [2.24, 2.45) is 0 Å². The lowest BCUT2D eigenvalue weighted by molar-refractivity contribution is 0.102. The van der Waals surface area contributed by atoms with E-state index in [4.69, 9.17) is 14.2 Å². The van der Waals surface area contributed by atoms with Crippen molar-refractivity contribution in [2.75, 3.05) is 19.5 Å². The number of fused-ring (bicyclic) bond motifs is 1. The zero-order chi connectivity index (χ0) is 16.4. The van der Waals surface area contributed by atoms with E-state index in [0.717, 1.165) is 17.7 Å². The van der Waals surface area contributed by atoms with Gasteiger partial charge in [0.25, 0.3) is 5.91 Å². The minimum absolute atomic E-state index is 0.154. The number of carbonyl (C=O) groups excluding carboxylic acids is 1. The Bertz CT molecular complexity index is 742. The van der Waals surface area contributed by atoms with Crippen LogP contribution in [0, 0.1) is 0 Å². The summed E-state index contributed by atoms with van der Waals surface area (Å²) in [5.74, 6) is 1.89. The van der Waals surface area contributed by atoms with E-state index in [1.165, 1.54) is 0 Å². The minimum atomic E-state index is -0.195. The van der Waals surface area contributed by atoms with Crippen molar-refractivity contribution >= 4 is 11.6 Å². The molecule has 0 saturated carbocycles. The van der Waals surface area contributed by atoms with Crippen LogP contribution in [0.2, 0.25) is 0 Å². The normalized spacial score (nSPS) is 15.5. The fourth-order valence-electron chi connectivity index (χ4n) is 2.67. The lowest BCUT2D eigenvalue weighted by Gasteiger charge is -2.12. The molecule has 2 aromatic carbocycles. The number of methoxy groups -OCH3 is 2. The maximum absolute atomic E-state index is 12.5. The van der Waals surface area contributed by atoms with Crippen molar-refractivity contribution in [1.82, 2.24) is 0 Å². The van der Waals surface area contributed by atoms with E-state index >= 15 is 0 Å². The van der Waals surface area contributed by atoms with Crippen LogP contribution in [0.15, 0.2) is 36.4 Å². The fraction of sp³-hybridized carbons (Fsp3) is 0.278. The molecule has 0 bridgehead atoms. The molecule has 2 aromatic rings. The molecule has 0 fully saturated rings. The maximum Gasteiger partial charge on any atom is 0.255 e. The molecule has 1 unspecified atom stereocenters. The molecule has 0 saturated heterocycles. The van der Waals surface area contributed by atoms with Gasteiger partial charge in [-0.05, 0) is 42.8 Å². The SMILES string of the molecule is COc1ccc(OC)c(NC(=O)c2ccc3c(c2)CC(C)O3)c1. The van der Waals surface area contributed by atoms with Crippen LogP contribution in [-0.2, 0) is 6.42 Å². The van der Waals surface area contributed by atoms with Crippen LogP contribution in [0.1, 0.15) is 22.8 Å². The van der Waals surface area contributed by atoms with Gasteiger partial charge in [-0.2, -0.15) is 0 Å². The molecule has 0 aliphatic carbocycles. The standard InChI is InChI=1S/C18H19NO4/c1-11-8-13-9-12(4-6-16(13)23-11)18(20)19-15-10-14(21-2)5-7-17(15)22-3/h4-7,9-11H,8H2,1-3H3,(H,19,20). The number of amides is 1. The van der Waals surface area contributed by atoms with E-state index in [-0.39, 0.29) is 12.0 Å². The van der Waals surface area contributed by atoms with Crippen molar-refractivity contribution < 1.29 is 19.0 Å². The minimum Gasteiger partial charge on any atom is -0.497 e. The van der Waals surface area contributed by atoms with Gasteiger partial charge in [-0.25, -0.2) is 0 Å².